The number of aliphatic imine (C=N–C) groups is 1. The van der Waals surface area contributed by atoms with Crippen LogP contribution < -0.4 is 5.32 Å². The fourth-order valence-electron chi connectivity index (χ4n) is 6.85. The predicted molar refractivity (Wildman–Crippen MR) is 216 cm³/mol. The smallest absolute Gasteiger partial charge is 0.305 e. The molecule has 1 heterocycles. The molecule has 282 valence electrons. The predicted octanol–water partition coefficient (Wildman–Crippen LogP) is 10.8. The number of carbonyl (C=O) groups is 3. The second kappa shape index (κ2) is 21.1. The summed E-state index contributed by atoms with van der Waals surface area (Å²) < 4.78 is 0. The van der Waals surface area contributed by atoms with Crippen molar-refractivity contribution < 1.29 is 19.5 Å². The number of nitrogens with one attached hydrogen (secondary N) is 1. The summed E-state index contributed by atoms with van der Waals surface area (Å²) in [5.74, 6) is -0.442. The summed E-state index contributed by atoms with van der Waals surface area (Å²) in [5, 5.41) is 12.3. The summed E-state index contributed by atoms with van der Waals surface area (Å²) in [6.45, 7) is 12.4. The van der Waals surface area contributed by atoms with Gasteiger partial charge in [0.25, 0.3) is 11.8 Å². The van der Waals surface area contributed by atoms with E-state index in [9.17, 15) is 14.4 Å². The van der Waals surface area contributed by atoms with Gasteiger partial charge in [0.1, 0.15) is 11.4 Å². The zero-order chi connectivity index (χ0) is 38.3. The fraction of sp³-hybridized carbons (Fsp3) is 0.488. The summed E-state index contributed by atoms with van der Waals surface area (Å²) in [6.07, 6.45) is 22.0. The number of halogens is 2. The number of carbonyl (C=O) groups excluding carboxylic acids is 2. The van der Waals surface area contributed by atoms with Crippen LogP contribution in [0, 0.1) is 5.92 Å². The van der Waals surface area contributed by atoms with Gasteiger partial charge in [-0.3, -0.25) is 19.4 Å². The molecule has 2 N–H and O–H groups in total. The third kappa shape index (κ3) is 11.7. The number of carboxylic acids is 1. The molecule has 3 aliphatic rings. The van der Waals surface area contributed by atoms with Gasteiger partial charge in [-0.1, -0.05) is 99.9 Å². The van der Waals surface area contributed by atoms with Crippen LogP contribution in [0.1, 0.15) is 128 Å². The molecular weight excluding hydrogens is 693 g/mol. The number of benzene rings is 1. The highest BCUT2D eigenvalue weighted by Crippen LogP contribution is 2.46. The van der Waals surface area contributed by atoms with Crippen molar-refractivity contribution in [3.05, 3.63) is 105 Å². The first-order valence-electron chi connectivity index (χ1n) is 18.8. The average Bonchev–Trinajstić information content (AvgIpc) is 3.40. The largest absolute Gasteiger partial charge is 0.481 e. The molecule has 0 bridgehead atoms. The first-order chi connectivity index (χ1) is 25.0. The standard InChI is InChI=1S/C41H51Cl2N3O4.C2H6/c1-5-9-31(34-15-12-30(27-42)13-20-35(43)26-34)14-11-29(4)38-40(50)46(41(45-38)23-7-6-8-24-41)36(21-10-28(2)3)32-16-18-33(19-17-32)39(49)44-25-22-37(47)48;1-2/h5,9,11-12,14,16-20,26,28,36H,6-8,10,13,15,21-25,27H2,1-4H3,(H,44,49)(H,47,48);1-2H3/b9-5-,29-11+,30-12+,31-14+,34-26+,35-20+;/t36-;/m1./s1. The molecule has 1 fully saturated rings. The fourth-order valence-corrected chi connectivity index (χ4v) is 7.28. The van der Waals surface area contributed by atoms with Gasteiger partial charge >= 0.3 is 5.97 Å². The molecule has 1 atom stereocenters. The molecule has 0 aromatic heterocycles. The van der Waals surface area contributed by atoms with Gasteiger partial charge < -0.3 is 15.3 Å². The zero-order valence-corrected chi connectivity index (χ0v) is 33.3. The molecule has 0 saturated heterocycles. The van der Waals surface area contributed by atoms with Crippen LogP contribution in [0.4, 0.5) is 0 Å². The van der Waals surface area contributed by atoms with Gasteiger partial charge in [0.15, 0.2) is 0 Å². The number of hydrogen-bond acceptors (Lipinski definition) is 4. The quantitative estimate of drug-likeness (QED) is 0.112. The maximum Gasteiger partial charge on any atom is 0.305 e. The Hall–Kier alpha value is -3.68. The Morgan fingerprint density at radius 3 is 2.35 bits per heavy atom. The normalized spacial score (nSPS) is 21.6. The molecule has 2 amide bonds. The van der Waals surface area contributed by atoms with E-state index >= 15 is 0 Å². The van der Waals surface area contributed by atoms with Crippen LogP contribution in [0.15, 0.2) is 99.1 Å². The van der Waals surface area contributed by atoms with Gasteiger partial charge in [0.05, 0.1) is 12.5 Å². The monoisotopic (exact) mass is 749 g/mol. The van der Waals surface area contributed by atoms with Gasteiger partial charge in [-0.25, -0.2) is 0 Å². The highest BCUT2D eigenvalue weighted by Gasteiger charge is 2.50. The molecule has 52 heavy (non-hydrogen) atoms. The van der Waals surface area contributed by atoms with E-state index in [-0.39, 0.29) is 30.8 Å². The molecule has 0 unspecified atom stereocenters. The number of amides is 2. The Bertz CT molecular complexity index is 1620. The number of alkyl halides is 1. The van der Waals surface area contributed by atoms with E-state index in [1.165, 1.54) is 0 Å². The van der Waals surface area contributed by atoms with Crippen LogP contribution in [0.5, 0.6) is 0 Å². The molecule has 2 aliphatic carbocycles. The minimum Gasteiger partial charge on any atom is -0.481 e. The van der Waals surface area contributed by atoms with E-state index in [1.54, 1.807) is 12.1 Å². The van der Waals surface area contributed by atoms with Gasteiger partial charge in [-0.15, -0.1) is 11.6 Å². The SMILES string of the molecule is CC.C\C=C/C(=C\C=C(/C)C1=NC2(CCCCC2)N([C@H](CCC(C)C)c2ccc(C(=O)NCCC(=O)O)cc2)C1=O)C1=C/C(Cl)=C\C/C(CCl)=C\C\1. The summed E-state index contributed by atoms with van der Waals surface area (Å²) >= 11 is 12.7. The minimum absolute atomic E-state index is 0.0586. The molecule has 0 radical (unpaired) electrons. The van der Waals surface area contributed by atoms with Gasteiger partial charge in [0, 0.05) is 23.0 Å². The van der Waals surface area contributed by atoms with E-state index in [0.29, 0.717) is 34.5 Å². The van der Waals surface area contributed by atoms with Gasteiger partial charge in [-0.2, -0.15) is 0 Å². The van der Waals surface area contributed by atoms with E-state index < -0.39 is 11.6 Å². The van der Waals surface area contributed by atoms with Crippen LogP contribution in [0.2, 0.25) is 0 Å². The number of allylic oxidation sites excluding steroid dienone is 11. The number of nitrogens with zero attached hydrogens (tertiary/aromatic N) is 2. The van der Waals surface area contributed by atoms with E-state index in [4.69, 9.17) is 33.3 Å². The zero-order valence-electron chi connectivity index (χ0n) is 31.8. The molecule has 1 aromatic rings. The van der Waals surface area contributed by atoms with Crippen molar-refractivity contribution in [3.8, 4) is 0 Å². The van der Waals surface area contributed by atoms with Crippen molar-refractivity contribution in [3.63, 3.8) is 0 Å². The van der Waals surface area contributed by atoms with Crippen molar-refractivity contribution in [2.24, 2.45) is 10.9 Å². The van der Waals surface area contributed by atoms with Crippen molar-refractivity contribution in [2.45, 2.75) is 117 Å². The Kier molecular flexibility index (Phi) is 17.4. The van der Waals surface area contributed by atoms with Crippen LogP contribution in [0.25, 0.3) is 0 Å². The number of carboxylic acid groups (broad SMARTS) is 1. The van der Waals surface area contributed by atoms with Crippen molar-refractivity contribution in [1.82, 2.24) is 10.2 Å². The second-order valence-corrected chi connectivity index (χ2v) is 14.5. The topological polar surface area (TPSA) is 99.1 Å². The maximum absolute atomic E-state index is 14.6. The number of rotatable bonds is 14. The van der Waals surface area contributed by atoms with Crippen LogP contribution >= 0.6 is 23.2 Å². The lowest BCUT2D eigenvalue weighted by molar-refractivity contribution is -0.137. The molecule has 1 aromatic carbocycles. The van der Waals surface area contributed by atoms with Crippen LogP contribution in [-0.4, -0.2) is 51.6 Å². The lowest BCUT2D eigenvalue weighted by atomic mass is 9.85. The molecule has 7 nitrogen and oxygen atoms in total. The van der Waals surface area contributed by atoms with Crippen LogP contribution in [-0.2, 0) is 9.59 Å². The lowest BCUT2D eigenvalue weighted by Gasteiger charge is -2.44. The Morgan fingerprint density at radius 2 is 1.73 bits per heavy atom. The van der Waals surface area contributed by atoms with Crippen molar-refractivity contribution in [1.29, 1.82) is 0 Å². The van der Waals surface area contributed by atoms with E-state index in [2.05, 4.69) is 36.2 Å². The first kappa shape index (κ1) is 42.7. The molecule has 1 spiro atoms. The highest BCUT2D eigenvalue weighted by molar-refractivity contribution is 6.46. The molecule has 4 rings (SSSR count). The summed E-state index contributed by atoms with van der Waals surface area (Å²) in [4.78, 5) is 45.6. The summed E-state index contributed by atoms with van der Waals surface area (Å²) in [6, 6.07) is 7.17. The van der Waals surface area contributed by atoms with Crippen molar-refractivity contribution in [2.75, 3.05) is 12.4 Å². The van der Waals surface area contributed by atoms with E-state index in [1.807, 2.05) is 70.2 Å². The molecular formula is C43H57Cl2N3O4. The first-order valence-corrected chi connectivity index (χ1v) is 19.7. The third-order valence-electron chi connectivity index (χ3n) is 9.61. The highest BCUT2D eigenvalue weighted by atomic mass is 35.5. The number of hydrogen-bond donors (Lipinski definition) is 2. The average molecular weight is 751 g/mol. The molecule has 1 aliphatic heterocycles. The van der Waals surface area contributed by atoms with Gasteiger partial charge in [-0.05, 0) is 112 Å². The molecule has 9 heteroatoms. The lowest BCUT2D eigenvalue weighted by Crippen LogP contribution is -2.50. The Balaban J connectivity index is 0.00000358. The maximum atomic E-state index is 14.6. The van der Waals surface area contributed by atoms with E-state index in [0.717, 1.165) is 79.2 Å². The Labute approximate surface area is 321 Å². The third-order valence-corrected chi connectivity index (χ3v) is 10.2. The second-order valence-electron chi connectivity index (χ2n) is 13.8. The van der Waals surface area contributed by atoms with Crippen molar-refractivity contribution >= 4 is 46.7 Å². The Morgan fingerprint density at radius 1 is 1.04 bits per heavy atom. The molecule has 1 saturated carbocycles. The van der Waals surface area contributed by atoms with Gasteiger partial charge in [0.2, 0.25) is 0 Å². The summed E-state index contributed by atoms with van der Waals surface area (Å²) in [5.41, 5.74) is 5.30. The minimum atomic E-state index is -0.963. The summed E-state index contributed by atoms with van der Waals surface area (Å²) in [7, 11) is 0. The number of aliphatic carboxylic acids is 1. The van der Waals surface area contributed by atoms with Crippen LogP contribution in [0.3, 0.4) is 0 Å².